The molecule has 0 N–H and O–H groups in total. The van der Waals surface area contributed by atoms with Gasteiger partial charge < -0.3 is 14.4 Å². The summed E-state index contributed by atoms with van der Waals surface area (Å²) < 4.78 is 16.3. The molecular formula is C30H18BN3O12. The zero-order valence-electron chi connectivity index (χ0n) is 23.4. The smallest absolute Gasteiger partial charge is 0.303 e. The van der Waals surface area contributed by atoms with E-state index in [1.165, 1.54) is 54.6 Å². The van der Waals surface area contributed by atoms with E-state index in [0.29, 0.717) is 18.9 Å². The molecule has 0 saturated heterocycles. The first-order valence-electron chi connectivity index (χ1n) is 13.5. The molecule has 3 aromatic carbocycles. The maximum atomic E-state index is 13.4. The lowest BCUT2D eigenvalue weighted by atomic mass is 10.0. The molecular weight excluding hydrogens is 605 g/mol. The quantitative estimate of drug-likeness (QED) is 0.157. The molecule has 0 spiro atoms. The summed E-state index contributed by atoms with van der Waals surface area (Å²) in [5.74, 6) is -6.34. The third-order valence-electron chi connectivity index (χ3n) is 7.38. The molecule has 3 heterocycles. The highest BCUT2D eigenvalue weighted by atomic mass is 16.9. The van der Waals surface area contributed by atoms with Crippen LogP contribution in [0.15, 0.2) is 54.6 Å². The summed E-state index contributed by atoms with van der Waals surface area (Å²) in [4.78, 5) is 113. The Labute approximate surface area is 258 Å². The number of hydroxylamine groups is 6. The van der Waals surface area contributed by atoms with Gasteiger partial charge in [-0.1, -0.05) is 36.4 Å². The number of hydrogen-bond donors (Lipinski definition) is 0. The average molecular weight is 623 g/mol. The van der Waals surface area contributed by atoms with Gasteiger partial charge in [0.15, 0.2) is 0 Å². The third kappa shape index (κ3) is 4.73. The number of amides is 6. The predicted molar refractivity (Wildman–Crippen MR) is 149 cm³/mol. The number of rotatable bonds is 12. The van der Waals surface area contributed by atoms with Crippen molar-refractivity contribution in [2.24, 2.45) is 0 Å². The lowest BCUT2D eigenvalue weighted by Crippen LogP contribution is -2.49. The van der Waals surface area contributed by atoms with Crippen LogP contribution in [0, 0.1) is 0 Å². The fraction of sp³-hybridized carbons (Fsp3) is 0.100. The molecule has 3 aromatic rings. The fourth-order valence-corrected chi connectivity index (χ4v) is 5.39. The molecule has 0 unspecified atom stereocenters. The molecule has 3 aliphatic rings. The van der Waals surface area contributed by atoms with E-state index in [1.807, 2.05) is 0 Å². The molecule has 0 atom stereocenters. The van der Waals surface area contributed by atoms with Gasteiger partial charge in [-0.15, -0.1) is 0 Å². The second-order valence-electron chi connectivity index (χ2n) is 9.95. The van der Waals surface area contributed by atoms with Crippen LogP contribution in [0.4, 0.5) is 0 Å². The Morgan fingerprint density at radius 2 is 0.739 bits per heavy atom. The van der Waals surface area contributed by atoms with Crippen molar-refractivity contribution in [1.82, 2.24) is 15.2 Å². The van der Waals surface area contributed by atoms with E-state index in [1.54, 1.807) is 0 Å². The number of imide groups is 3. The lowest BCUT2D eigenvalue weighted by molar-refractivity contribution is -0.135. The van der Waals surface area contributed by atoms with E-state index in [-0.39, 0.29) is 84.5 Å². The van der Waals surface area contributed by atoms with Gasteiger partial charge >= 0.3 is 7.32 Å². The van der Waals surface area contributed by atoms with E-state index >= 15 is 0 Å². The van der Waals surface area contributed by atoms with E-state index in [4.69, 9.17) is 14.3 Å². The van der Waals surface area contributed by atoms with Crippen molar-refractivity contribution in [1.29, 1.82) is 0 Å². The van der Waals surface area contributed by atoms with E-state index < -0.39 is 42.8 Å². The molecule has 0 fully saturated rings. The summed E-state index contributed by atoms with van der Waals surface area (Å²) in [6.45, 7) is 0. The van der Waals surface area contributed by atoms with Crippen molar-refractivity contribution < 1.29 is 57.4 Å². The Bertz CT molecular complexity index is 1710. The van der Waals surface area contributed by atoms with Crippen molar-refractivity contribution in [2.45, 2.75) is 19.3 Å². The van der Waals surface area contributed by atoms with E-state index in [2.05, 4.69) is 0 Å². The Hall–Kier alpha value is -5.97. The van der Waals surface area contributed by atoms with Crippen molar-refractivity contribution >= 4 is 61.6 Å². The Morgan fingerprint density at radius 1 is 0.457 bits per heavy atom. The molecule has 6 rings (SSSR count). The maximum Gasteiger partial charge on any atom is 0.709 e. The van der Waals surface area contributed by atoms with Crippen LogP contribution in [0.1, 0.15) is 78.8 Å². The van der Waals surface area contributed by atoms with Crippen LogP contribution in [0.2, 0.25) is 0 Å². The largest absolute Gasteiger partial charge is 0.709 e. The third-order valence-corrected chi connectivity index (χ3v) is 7.38. The number of carbonyl (C=O) groups is 9. The number of aldehydes is 3. The maximum absolute atomic E-state index is 13.4. The van der Waals surface area contributed by atoms with Gasteiger partial charge in [0.05, 0.1) is 33.4 Å². The monoisotopic (exact) mass is 623 g/mol. The molecule has 16 heteroatoms. The molecule has 46 heavy (non-hydrogen) atoms. The highest BCUT2D eigenvalue weighted by molar-refractivity contribution is 6.39. The van der Waals surface area contributed by atoms with Crippen LogP contribution < -0.4 is 0 Å². The zero-order chi connectivity index (χ0) is 32.7. The first-order valence-corrected chi connectivity index (χ1v) is 13.5. The Kier molecular flexibility index (Phi) is 7.75. The first-order chi connectivity index (χ1) is 22.2. The molecule has 0 aliphatic carbocycles. The van der Waals surface area contributed by atoms with Gasteiger partial charge in [-0.3, -0.25) is 43.0 Å². The van der Waals surface area contributed by atoms with Crippen molar-refractivity contribution in [3.05, 3.63) is 105 Å². The second-order valence-corrected chi connectivity index (χ2v) is 9.95. The lowest BCUT2D eigenvalue weighted by Gasteiger charge is -2.24. The molecule has 3 aliphatic heterocycles. The molecule has 0 saturated carbocycles. The molecule has 0 aromatic heterocycles. The van der Waals surface area contributed by atoms with Gasteiger partial charge in [0.2, 0.25) is 0 Å². The summed E-state index contributed by atoms with van der Waals surface area (Å²) in [5, 5.41) is 0.529. The molecule has 228 valence electrons. The van der Waals surface area contributed by atoms with Crippen LogP contribution in [0.25, 0.3) is 0 Å². The van der Waals surface area contributed by atoms with Crippen LogP contribution in [-0.4, -0.2) is 76.8 Å². The van der Waals surface area contributed by atoms with Crippen LogP contribution in [0.5, 0.6) is 0 Å². The number of carbonyl (C=O) groups excluding carboxylic acids is 9. The second kappa shape index (κ2) is 11.8. The molecule has 0 bridgehead atoms. The van der Waals surface area contributed by atoms with E-state index in [9.17, 15) is 43.2 Å². The summed E-state index contributed by atoms with van der Waals surface area (Å²) in [5.41, 5.74) is -0.375. The minimum absolute atomic E-state index is 0.151. The molecule has 6 amide bonds. The minimum Gasteiger partial charge on any atom is -0.303 e. The molecule has 0 radical (unpaired) electrons. The van der Waals surface area contributed by atoms with Crippen molar-refractivity contribution in [2.75, 3.05) is 0 Å². The summed E-state index contributed by atoms with van der Waals surface area (Å²) in [6.07, 6.45) is 0.908. The van der Waals surface area contributed by atoms with Crippen LogP contribution in [0.3, 0.4) is 0 Å². The van der Waals surface area contributed by atoms with Crippen LogP contribution >= 0.6 is 0 Å². The fourth-order valence-electron chi connectivity index (χ4n) is 5.39. The highest BCUT2D eigenvalue weighted by Crippen LogP contribution is 2.32. The van der Waals surface area contributed by atoms with Crippen LogP contribution in [-0.2, 0) is 47.9 Å². The number of benzene rings is 3. The first kappa shape index (κ1) is 30.1. The summed E-state index contributed by atoms with van der Waals surface area (Å²) in [7, 11) is -2.50. The van der Waals surface area contributed by atoms with Crippen molar-refractivity contribution in [3.63, 3.8) is 0 Å². The van der Waals surface area contributed by atoms with Gasteiger partial charge in [-0.2, -0.15) is 15.2 Å². The summed E-state index contributed by atoms with van der Waals surface area (Å²) in [6, 6.07) is 12.5. The summed E-state index contributed by atoms with van der Waals surface area (Å²) >= 11 is 0. The predicted octanol–water partition coefficient (Wildman–Crippen LogP) is 0.879. The van der Waals surface area contributed by atoms with Gasteiger partial charge in [0.1, 0.15) is 18.9 Å². The van der Waals surface area contributed by atoms with Crippen molar-refractivity contribution in [3.8, 4) is 0 Å². The van der Waals surface area contributed by atoms with Gasteiger partial charge in [-0.25, -0.2) is 0 Å². The van der Waals surface area contributed by atoms with Gasteiger partial charge in [0, 0.05) is 19.3 Å². The number of hydrogen-bond acceptors (Lipinski definition) is 12. The number of nitrogens with zero attached hydrogens (tertiary/aromatic N) is 3. The normalized spacial score (nSPS) is 15.0. The minimum atomic E-state index is -2.50. The average Bonchev–Trinajstić information content (AvgIpc) is 3.55. The van der Waals surface area contributed by atoms with Gasteiger partial charge in [0.25, 0.3) is 35.4 Å². The Morgan fingerprint density at radius 3 is 1.00 bits per heavy atom. The number of fused-ring (bicyclic) bond motifs is 3. The highest BCUT2D eigenvalue weighted by Gasteiger charge is 2.50. The standard InChI is InChI=1S/C30H18BN3O12/c35-13-10-16-4-1-7-19-22(16)28(41)32(25(19)38)44-31(45-33-26(39)20-8-2-5-17(11-14-36)23(20)29(33)42)46-34-27(40)21-9-3-6-18(12-15-37)24(21)30(34)43/h1-9,13-15H,10-12H2. The Balaban J connectivity index is 1.35. The molecule has 15 nitrogen and oxygen atoms in total. The van der Waals surface area contributed by atoms with Gasteiger partial charge in [-0.05, 0) is 34.9 Å². The van der Waals surface area contributed by atoms with E-state index in [0.717, 1.165) is 0 Å². The SMILES string of the molecule is O=CCc1cccc2c1C(=O)N(OB(ON1C(=O)c3cccc(CC=O)c3C1=O)ON1C(=O)c3cccc(CC=O)c3C1=O)C2=O. The zero-order valence-corrected chi connectivity index (χ0v) is 23.4. The topological polar surface area (TPSA) is 191 Å².